The quantitative estimate of drug-likeness (QED) is 0.658. The van der Waals surface area contributed by atoms with Crippen molar-refractivity contribution in [3.63, 3.8) is 0 Å². The van der Waals surface area contributed by atoms with Gasteiger partial charge in [-0.2, -0.15) is 0 Å². The zero-order valence-electron chi connectivity index (χ0n) is 6.80. The summed E-state index contributed by atoms with van der Waals surface area (Å²) in [7, 11) is 0. The van der Waals surface area contributed by atoms with Crippen LogP contribution in [0.2, 0.25) is 0 Å². The Morgan fingerprint density at radius 3 is 2.64 bits per heavy atom. The Kier molecular flexibility index (Phi) is 3.35. The van der Waals surface area contributed by atoms with Crippen molar-refractivity contribution in [2.45, 2.75) is 0 Å². The summed E-state index contributed by atoms with van der Waals surface area (Å²) in [4.78, 5) is 10.1. The molecule has 0 saturated carbocycles. The summed E-state index contributed by atoms with van der Waals surface area (Å²) in [6, 6.07) is 2.26. The number of halogens is 3. The molecule has 0 fully saturated rings. The van der Waals surface area contributed by atoms with Crippen LogP contribution >= 0.6 is 15.9 Å². The van der Waals surface area contributed by atoms with Gasteiger partial charge < -0.3 is 5.11 Å². The van der Waals surface area contributed by atoms with Crippen molar-refractivity contribution in [1.29, 1.82) is 0 Å². The molecule has 74 valence electrons. The Labute approximate surface area is 87.0 Å². The predicted molar refractivity (Wildman–Crippen MR) is 50.7 cm³/mol. The number of carbonyl (C=O) groups is 1. The Balaban J connectivity index is 3.19. The Morgan fingerprint density at radius 1 is 1.43 bits per heavy atom. The summed E-state index contributed by atoms with van der Waals surface area (Å²) in [6.07, 6.45) is 1.55. The lowest BCUT2D eigenvalue weighted by Crippen LogP contribution is -1.92. The van der Waals surface area contributed by atoms with Gasteiger partial charge in [0.1, 0.15) is 11.6 Å². The second-order valence-electron chi connectivity index (χ2n) is 2.43. The van der Waals surface area contributed by atoms with Crippen molar-refractivity contribution in [3.8, 4) is 0 Å². The van der Waals surface area contributed by atoms with Gasteiger partial charge in [0.15, 0.2) is 0 Å². The minimum absolute atomic E-state index is 0.0870. The van der Waals surface area contributed by atoms with Gasteiger partial charge in [-0.05, 0) is 34.1 Å². The number of hydrogen-bond acceptors (Lipinski definition) is 1. The van der Waals surface area contributed by atoms with Gasteiger partial charge in [-0.15, -0.1) is 0 Å². The number of carboxylic acids is 1. The molecule has 0 radical (unpaired) electrons. The lowest BCUT2D eigenvalue weighted by molar-refractivity contribution is -0.131. The van der Waals surface area contributed by atoms with E-state index in [-0.39, 0.29) is 10.0 Å². The van der Waals surface area contributed by atoms with Crippen LogP contribution in [0.15, 0.2) is 22.7 Å². The minimum Gasteiger partial charge on any atom is -0.478 e. The molecule has 0 saturated heterocycles. The van der Waals surface area contributed by atoms with Crippen LogP contribution in [0.3, 0.4) is 0 Å². The second kappa shape index (κ2) is 4.32. The first-order chi connectivity index (χ1) is 6.52. The fraction of sp³-hybridized carbons (Fsp3) is 0. The van der Waals surface area contributed by atoms with Crippen LogP contribution in [0.1, 0.15) is 5.56 Å². The maximum Gasteiger partial charge on any atom is 0.328 e. The summed E-state index contributed by atoms with van der Waals surface area (Å²) in [5.41, 5.74) is -0.373. The highest BCUT2D eigenvalue weighted by Gasteiger charge is 2.09. The van der Waals surface area contributed by atoms with E-state index in [1.807, 2.05) is 0 Å². The van der Waals surface area contributed by atoms with Crippen LogP contribution in [0.5, 0.6) is 0 Å². The maximum absolute atomic E-state index is 13.2. The van der Waals surface area contributed by atoms with Gasteiger partial charge in [0, 0.05) is 11.6 Å². The van der Waals surface area contributed by atoms with E-state index >= 15 is 0 Å². The summed E-state index contributed by atoms with van der Waals surface area (Å²) < 4.78 is 26.2. The lowest BCUT2D eigenvalue weighted by atomic mass is 10.2. The van der Waals surface area contributed by atoms with Crippen LogP contribution in [0, 0.1) is 11.6 Å². The third-order valence-electron chi connectivity index (χ3n) is 1.47. The van der Waals surface area contributed by atoms with Crippen LogP contribution in [0.25, 0.3) is 6.08 Å². The van der Waals surface area contributed by atoms with E-state index in [0.29, 0.717) is 6.08 Å². The molecule has 0 unspecified atom stereocenters. The van der Waals surface area contributed by atoms with Gasteiger partial charge in [0.05, 0.1) is 4.47 Å². The van der Waals surface area contributed by atoms with Crippen molar-refractivity contribution in [2.75, 3.05) is 0 Å². The molecule has 1 aromatic carbocycles. The van der Waals surface area contributed by atoms with E-state index in [0.717, 1.165) is 12.1 Å². The topological polar surface area (TPSA) is 37.3 Å². The molecule has 1 N–H and O–H groups in total. The number of rotatable bonds is 2. The van der Waals surface area contributed by atoms with Crippen molar-refractivity contribution in [1.82, 2.24) is 0 Å². The molecule has 0 amide bonds. The molecule has 0 aliphatic rings. The van der Waals surface area contributed by atoms with Crippen LogP contribution in [0.4, 0.5) is 8.78 Å². The van der Waals surface area contributed by atoms with Gasteiger partial charge in [0.25, 0.3) is 0 Å². The van der Waals surface area contributed by atoms with Gasteiger partial charge in [0.2, 0.25) is 0 Å². The normalized spacial score (nSPS) is 10.8. The van der Waals surface area contributed by atoms with Crippen molar-refractivity contribution in [2.24, 2.45) is 0 Å². The van der Waals surface area contributed by atoms with Crippen molar-refractivity contribution < 1.29 is 18.7 Å². The van der Waals surface area contributed by atoms with Crippen molar-refractivity contribution in [3.05, 3.63) is 39.9 Å². The van der Waals surface area contributed by atoms with Crippen LogP contribution in [-0.2, 0) is 4.79 Å². The molecule has 0 spiro atoms. The second-order valence-corrected chi connectivity index (χ2v) is 3.28. The maximum atomic E-state index is 13.2. The third-order valence-corrected chi connectivity index (χ3v) is 2.08. The van der Waals surface area contributed by atoms with Crippen LogP contribution < -0.4 is 0 Å². The summed E-state index contributed by atoms with van der Waals surface area (Å²) in [5.74, 6) is -2.88. The van der Waals surface area contributed by atoms with E-state index in [4.69, 9.17) is 5.11 Å². The SMILES string of the molecule is O=C(O)/C=C/c1c(F)ccc(Br)c1F. The molecule has 0 aliphatic carbocycles. The smallest absolute Gasteiger partial charge is 0.328 e. The highest BCUT2D eigenvalue weighted by molar-refractivity contribution is 9.10. The first-order valence-corrected chi connectivity index (χ1v) is 4.36. The minimum atomic E-state index is -1.26. The molecule has 0 atom stereocenters. The molecule has 14 heavy (non-hydrogen) atoms. The van der Waals surface area contributed by atoms with Crippen molar-refractivity contribution >= 4 is 28.0 Å². The van der Waals surface area contributed by atoms with E-state index in [1.165, 1.54) is 6.07 Å². The fourth-order valence-corrected chi connectivity index (χ4v) is 1.20. The number of hydrogen-bond donors (Lipinski definition) is 1. The summed E-state index contributed by atoms with van der Waals surface area (Å²) in [5, 5.41) is 8.28. The fourth-order valence-electron chi connectivity index (χ4n) is 0.850. The molecule has 0 heterocycles. The molecular formula is C9H5BrF2O2. The Hall–Kier alpha value is -1.23. The number of carboxylic acid groups (broad SMARTS) is 1. The molecule has 1 rings (SSSR count). The average molecular weight is 263 g/mol. The summed E-state index contributed by atoms with van der Waals surface area (Å²) in [6.45, 7) is 0. The zero-order chi connectivity index (χ0) is 10.7. The molecule has 0 aliphatic heterocycles. The molecule has 2 nitrogen and oxygen atoms in total. The Morgan fingerprint density at radius 2 is 2.07 bits per heavy atom. The summed E-state index contributed by atoms with van der Waals surface area (Å²) >= 11 is 2.86. The number of benzene rings is 1. The van der Waals surface area contributed by atoms with Gasteiger partial charge in [-0.1, -0.05) is 0 Å². The predicted octanol–water partition coefficient (Wildman–Crippen LogP) is 2.83. The monoisotopic (exact) mass is 262 g/mol. The van der Waals surface area contributed by atoms with Gasteiger partial charge >= 0.3 is 5.97 Å². The number of aliphatic carboxylic acids is 1. The highest BCUT2D eigenvalue weighted by atomic mass is 79.9. The molecule has 5 heteroatoms. The van der Waals surface area contributed by atoms with Gasteiger partial charge in [-0.25, -0.2) is 13.6 Å². The highest BCUT2D eigenvalue weighted by Crippen LogP contribution is 2.22. The third kappa shape index (κ3) is 2.38. The first kappa shape index (κ1) is 10.8. The van der Waals surface area contributed by atoms with Crippen LogP contribution in [-0.4, -0.2) is 11.1 Å². The van der Waals surface area contributed by atoms with E-state index in [1.54, 1.807) is 0 Å². The van der Waals surface area contributed by atoms with E-state index in [2.05, 4.69) is 15.9 Å². The average Bonchev–Trinajstić information content (AvgIpc) is 2.11. The molecule has 1 aromatic rings. The largest absolute Gasteiger partial charge is 0.478 e. The molecule has 0 aromatic heterocycles. The van der Waals surface area contributed by atoms with E-state index < -0.39 is 17.6 Å². The standard InChI is InChI=1S/C9H5BrF2O2/c10-6-2-3-7(11)5(9(6)12)1-4-8(13)14/h1-4H,(H,13,14)/b4-1+. The molecular weight excluding hydrogens is 258 g/mol. The van der Waals surface area contributed by atoms with E-state index in [9.17, 15) is 13.6 Å². The van der Waals surface area contributed by atoms with Gasteiger partial charge in [-0.3, -0.25) is 0 Å². The zero-order valence-corrected chi connectivity index (χ0v) is 8.38. The lowest BCUT2D eigenvalue weighted by Gasteiger charge is -2.00. The first-order valence-electron chi connectivity index (χ1n) is 3.57. The molecule has 0 bridgehead atoms. The Bertz CT molecular complexity index is 402.